The fraction of sp³-hybridized carbons (Fsp3) is 0.667. The Labute approximate surface area is 96.1 Å². The molecule has 2 heterocycles. The van der Waals surface area contributed by atoms with Gasteiger partial charge in [-0.05, 0) is 0 Å². The number of halogens is 1. The van der Waals surface area contributed by atoms with E-state index in [1.54, 1.807) is 0 Å². The lowest BCUT2D eigenvalue weighted by atomic mass is 10.2. The molecule has 0 aliphatic carbocycles. The van der Waals surface area contributed by atoms with Crippen LogP contribution in [-0.4, -0.2) is 57.5 Å². The maximum absolute atomic E-state index is 13.1. The maximum atomic E-state index is 13.1. The summed E-state index contributed by atoms with van der Waals surface area (Å²) in [5, 5.41) is 29.4. The minimum atomic E-state index is -1.65. The lowest BCUT2D eigenvalue weighted by molar-refractivity contribution is -0.0569. The van der Waals surface area contributed by atoms with Crippen molar-refractivity contribution in [1.82, 2.24) is 10.2 Å². The molecule has 1 fully saturated rings. The third kappa shape index (κ3) is 2.25. The van der Waals surface area contributed by atoms with E-state index in [2.05, 4.69) is 0 Å². The third-order valence-electron chi connectivity index (χ3n) is 2.71. The van der Waals surface area contributed by atoms with Gasteiger partial charge in [0.25, 0.3) is 0 Å². The van der Waals surface area contributed by atoms with Gasteiger partial charge in [-0.1, -0.05) is 0 Å². The van der Waals surface area contributed by atoms with Crippen LogP contribution in [0, 0.1) is 0 Å². The van der Waals surface area contributed by atoms with Crippen molar-refractivity contribution in [2.24, 2.45) is 0 Å². The number of aliphatic hydroxyl groups excluding tert-OH is 3. The maximum Gasteiger partial charge on any atom is 0.325 e. The molecule has 0 spiro atoms. The minimum absolute atomic E-state index is 0.0680. The van der Waals surface area contributed by atoms with Crippen LogP contribution in [0.5, 0.6) is 0 Å². The fourth-order valence-electron chi connectivity index (χ4n) is 1.79. The van der Waals surface area contributed by atoms with Crippen molar-refractivity contribution >= 4 is 6.03 Å². The average Bonchev–Trinajstić information content (AvgIpc) is 2.65. The number of carbonyl (C=O) groups is 1. The summed E-state index contributed by atoms with van der Waals surface area (Å²) < 4.78 is 18.3. The summed E-state index contributed by atoms with van der Waals surface area (Å²) in [6.45, 7) is -0.387. The second-order valence-electron chi connectivity index (χ2n) is 3.89. The first-order valence-electron chi connectivity index (χ1n) is 5.11. The summed E-state index contributed by atoms with van der Waals surface area (Å²) in [5.74, 6) is -0.921. The number of amides is 2. The molecule has 0 aromatic rings. The molecule has 4 atom stereocenters. The van der Waals surface area contributed by atoms with Gasteiger partial charge < -0.3 is 25.4 Å². The number of rotatable bonds is 2. The Balaban J connectivity index is 2.11. The van der Waals surface area contributed by atoms with Gasteiger partial charge in [0, 0.05) is 12.6 Å². The van der Waals surface area contributed by atoms with Gasteiger partial charge in [-0.3, -0.25) is 4.90 Å². The summed E-state index contributed by atoms with van der Waals surface area (Å²) in [7, 11) is 0. The zero-order chi connectivity index (χ0) is 12.6. The van der Waals surface area contributed by atoms with Gasteiger partial charge in [-0.2, -0.15) is 0 Å². The Hall–Kier alpha value is -1.22. The molecule has 2 rings (SSSR count). The summed E-state index contributed by atoms with van der Waals surface area (Å²) in [6, 6.07) is -0.727. The van der Waals surface area contributed by atoms with Crippen LogP contribution in [0.25, 0.3) is 0 Å². The predicted molar refractivity (Wildman–Crippen MR) is 51.9 cm³/mol. The van der Waals surface area contributed by atoms with Crippen molar-refractivity contribution < 1.29 is 29.2 Å². The highest BCUT2D eigenvalue weighted by Gasteiger charge is 2.40. The third-order valence-corrected chi connectivity index (χ3v) is 2.71. The van der Waals surface area contributed by atoms with Crippen LogP contribution in [0.3, 0.4) is 0 Å². The van der Waals surface area contributed by atoms with Gasteiger partial charge in [0.2, 0.25) is 0 Å². The van der Waals surface area contributed by atoms with Crippen LogP contribution >= 0.6 is 0 Å². The van der Waals surface area contributed by atoms with Gasteiger partial charge in [-0.15, -0.1) is 0 Å². The highest BCUT2D eigenvalue weighted by Crippen LogP contribution is 2.25. The van der Waals surface area contributed by atoms with E-state index in [1.165, 1.54) is 0 Å². The predicted octanol–water partition coefficient (Wildman–Crippen LogP) is -1.39. The number of nitrogens with zero attached hydrogens (tertiary/aromatic N) is 1. The monoisotopic (exact) mass is 248 g/mol. The smallest absolute Gasteiger partial charge is 0.325 e. The van der Waals surface area contributed by atoms with Crippen molar-refractivity contribution in [3.8, 4) is 0 Å². The van der Waals surface area contributed by atoms with Gasteiger partial charge in [0.05, 0.1) is 12.7 Å². The Morgan fingerprint density at radius 2 is 2.29 bits per heavy atom. The summed E-state index contributed by atoms with van der Waals surface area (Å²) >= 11 is 0. The zero-order valence-electron chi connectivity index (χ0n) is 8.78. The van der Waals surface area contributed by atoms with E-state index in [9.17, 15) is 14.3 Å². The lowest BCUT2D eigenvalue weighted by Crippen LogP contribution is -2.51. The lowest BCUT2D eigenvalue weighted by Gasteiger charge is -2.30. The van der Waals surface area contributed by atoms with Crippen molar-refractivity contribution in [2.45, 2.75) is 31.1 Å². The Morgan fingerprint density at radius 1 is 1.59 bits per heavy atom. The molecule has 0 saturated carbocycles. The van der Waals surface area contributed by atoms with Crippen LogP contribution < -0.4 is 5.32 Å². The number of hydrogen-bond acceptors (Lipinski definition) is 5. The van der Waals surface area contributed by atoms with Gasteiger partial charge in [-0.25, -0.2) is 9.18 Å². The molecular weight excluding hydrogens is 235 g/mol. The number of aliphatic hydroxyl groups is 3. The van der Waals surface area contributed by atoms with Crippen molar-refractivity contribution in [1.29, 1.82) is 0 Å². The zero-order valence-corrected chi connectivity index (χ0v) is 8.78. The van der Waals surface area contributed by atoms with Crippen LogP contribution in [0.1, 0.15) is 6.42 Å². The largest absolute Gasteiger partial charge is 0.394 e. The normalized spacial score (nSPS) is 38.0. The molecule has 2 aliphatic rings. The Bertz CT molecular complexity index is 350. The molecule has 2 aliphatic heterocycles. The molecule has 0 radical (unpaired) electrons. The van der Waals surface area contributed by atoms with Crippen molar-refractivity contribution in [3.63, 3.8) is 0 Å². The molecule has 2 amide bonds. The number of carbonyl (C=O) groups excluding carboxylic acids is 1. The van der Waals surface area contributed by atoms with E-state index in [0.717, 1.165) is 11.1 Å². The molecule has 8 heteroatoms. The molecule has 7 nitrogen and oxygen atoms in total. The molecular formula is C9H13FN2O5. The van der Waals surface area contributed by atoms with Gasteiger partial charge in [0.15, 0.2) is 12.1 Å². The number of nitrogens with one attached hydrogen (secondary N) is 1. The van der Waals surface area contributed by atoms with Crippen LogP contribution in [0.4, 0.5) is 9.18 Å². The first-order chi connectivity index (χ1) is 8.02. The Kier molecular flexibility index (Phi) is 3.29. The Morgan fingerprint density at radius 3 is 2.88 bits per heavy atom. The molecule has 0 aromatic carbocycles. The molecule has 1 unspecified atom stereocenters. The SMILES string of the molecule is O=C1NC(O)C(F)=CN1[C@H]1C[C@@H](O)[C@@H](CO)O1. The van der Waals surface area contributed by atoms with Crippen LogP contribution in [0.2, 0.25) is 0 Å². The fourth-order valence-corrected chi connectivity index (χ4v) is 1.79. The molecule has 96 valence electrons. The van der Waals surface area contributed by atoms with E-state index >= 15 is 0 Å². The molecule has 4 N–H and O–H groups in total. The van der Waals surface area contributed by atoms with Crippen molar-refractivity contribution in [2.75, 3.05) is 6.61 Å². The first kappa shape index (κ1) is 12.2. The van der Waals surface area contributed by atoms with Crippen LogP contribution in [-0.2, 0) is 4.74 Å². The van der Waals surface area contributed by atoms with E-state index in [-0.39, 0.29) is 13.0 Å². The van der Waals surface area contributed by atoms with Gasteiger partial charge in [0.1, 0.15) is 12.3 Å². The van der Waals surface area contributed by atoms with E-state index < -0.39 is 36.5 Å². The molecule has 0 aromatic heterocycles. The summed E-state index contributed by atoms with van der Waals surface area (Å²) in [4.78, 5) is 12.4. The van der Waals surface area contributed by atoms with E-state index in [0.29, 0.717) is 0 Å². The quantitative estimate of drug-likeness (QED) is 0.482. The molecule has 0 bridgehead atoms. The highest BCUT2D eigenvalue weighted by atomic mass is 19.1. The first-order valence-corrected chi connectivity index (χ1v) is 5.11. The second-order valence-corrected chi connectivity index (χ2v) is 3.89. The van der Waals surface area contributed by atoms with Crippen LogP contribution in [0.15, 0.2) is 12.0 Å². The second kappa shape index (κ2) is 4.57. The number of urea groups is 1. The summed E-state index contributed by atoms with van der Waals surface area (Å²) in [5.41, 5.74) is 0. The number of ether oxygens (including phenoxy) is 1. The summed E-state index contributed by atoms with van der Waals surface area (Å²) in [6.07, 6.45) is -3.34. The van der Waals surface area contributed by atoms with E-state index in [4.69, 9.17) is 14.9 Å². The van der Waals surface area contributed by atoms with Gasteiger partial charge >= 0.3 is 6.03 Å². The average molecular weight is 248 g/mol. The minimum Gasteiger partial charge on any atom is -0.394 e. The van der Waals surface area contributed by atoms with E-state index in [1.807, 2.05) is 5.32 Å². The number of hydrogen-bond donors (Lipinski definition) is 4. The van der Waals surface area contributed by atoms with Crippen molar-refractivity contribution in [3.05, 3.63) is 12.0 Å². The molecule has 17 heavy (non-hydrogen) atoms. The highest BCUT2D eigenvalue weighted by molar-refractivity contribution is 5.77. The topological polar surface area (TPSA) is 102 Å². The molecule has 1 saturated heterocycles. The standard InChI is InChI=1S/C9H13FN2O5/c10-4-2-12(9(16)11-8(4)15)7-1-5(14)6(3-13)17-7/h2,5-8,13-15H,1,3H2,(H,11,16)/t5-,6-,7-,8?/m1/s1.